The number of rotatable bonds is 4. The zero-order valence-corrected chi connectivity index (χ0v) is 11.1. The third-order valence-electron chi connectivity index (χ3n) is 3.75. The Labute approximate surface area is 113 Å². The summed E-state index contributed by atoms with van der Waals surface area (Å²) < 4.78 is 0. The molecule has 1 atom stereocenters. The van der Waals surface area contributed by atoms with E-state index < -0.39 is 11.9 Å². The number of likely N-dealkylation sites (tertiary alicyclic amines) is 1. The number of carbonyl (C=O) groups is 1. The van der Waals surface area contributed by atoms with Gasteiger partial charge in [-0.15, -0.1) is 0 Å². The number of hydrogen-bond donors (Lipinski definition) is 2. The number of phenols is 1. The molecule has 0 radical (unpaired) electrons. The van der Waals surface area contributed by atoms with Crippen molar-refractivity contribution in [1.82, 2.24) is 4.90 Å². The number of phenolic OH excluding ortho intramolecular Hbond substituents is 1. The van der Waals surface area contributed by atoms with E-state index in [1.807, 2.05) is 0 Å². The molecule has 0 aliphatic carbocycles. The first kappa shape index (κ1) is 13.9. The summed E-state index contributed by atoms with van der Waals surface area (Å²) in [6.07, 6.45) is 4.72. The van der Waals surface area contributed by atoms with E-state index in [4.69, 9.17) is 0 Å². The second kappa shape index (κ2) is 6.57. The molecule has 1 heterocycles. The Morgan fingerprint density at radius 2 is 1.79 bits per heavy atom. The number of benzene rings is 1. The summed E-state index contributed by atoms with van der Waals surface area (Å²) in [7, 11) is 0. The Balaban J connectivity index is 2.12. The van der Waals surface area contributed by atoms with Crippen molar-refractivity contribution in [2.45, 2.75) is 31.6 Å². The summed E-state index contributed by atoms with van der Waals surface area (Å²) in [6, 6.07) is 6.73. The number of carboxylic acids is 1. The lowest BCUT2D eigenvalue weighted by Gasteiger charge is -2.24. The van der Waals surface area contributed by atoms with Crippen LogP contribution in [0, 0.1) is 0 Å². The molecule has 4 nitrogen and oxygen atoms in total. The standard InChI is InChI=1S/C15H21NO3/c17-14-8-4-3-7-12(14)13(15(18)19)11-16-9-5-1-2-6-10-16/h3-4,7-8,13,17H,1-2,5-6,9-11H2,(H,18,19). The number of carboxylic acid groups (broad SMARTS) is 1. The highest BCUT2D eigenvalue weighted by molar-refractivity contribution is 5.77. The summed E-state index contributed by atoms with van der Waals surface area (Å²) >= 11 is 0. The monoisotopic (exact) mass is 263 g/mol. The van der Waals surface area contributed by atoms with Crippen molar-refractivity contribution in [3.8, 4) is 5.75 Å². The van der Waals surface area contributed by atoms with Crippen LogP contribution >= 0.6 is 0 Å². The molecule has 0 saturated carbocycles. The Bertz CT molecular complexity index is 425. The summed E-state index contributed by atoms with van der Waals surface area (Å²) in [5.41, 5.74) is 0.513. The van der Waals surface area contributed by atoms with Gasteiger partial charge in [-0.05, 0) is 32.0 Å². The maximum atomic E-state index is 11.5. The molecule has 1 aliphatic rings. The van der Waals surface area contributed by atoms with Gasteiger partial charge in [0.1, 0.15) is 5.75 Å². The average Bonchev–Trinajstić information content (AvgIpc) is 2.65. The van der Waals surface area contributed by atoms with E-state index in [1.165, 1.54) is 12.8 Å². The second-order valence-corrected chi connectivity index (χ2v) is 5.16. The van der Waals surface area contributed by atoms with E-state index in [2.05, 4.69) is 4.90 Å². The fraction of sp³-hybridized carbons (Fsp3) is 0.533. The van der Waals surface area contributed by atoms with Crippen molar-refractivity contribution in [3.63, 3.8) is 0 Å². The van der Waals surface area contributed by atoms with Gasteiger partial charge in [-0.3, -0.25) is 4.79 Å². The first-order valence-electron chi connectivity index (χ1n) is 6.91. The maximum absolute atomic E-state index is 11.5. The summed E-state index contributed by atoms with van der Waals surface area (Å²) in [5.74, 6) is -1.45. The van der Waals surface area contributed by atoms with Crippen molar-refractivity contribution in [1.29, 1.82) is 0 Å². The van der Waals surface area contributed by atoms with Gasteiger partial charge >= 0.3 is 5.97 Å². The molecule has 104 valence electrons. The molecule has 4 heteroatoms. The van der Waals surface area contributed by atoms with Crippen molar-refractivity contribution < 1.29 is 15.0 Å². The van der Waals surface area contributed by atoms with E-state index in [9.17, 15) is 15.0 Å². The van der Waals surface area contributed by atoms with Crippen molar-refractivity contribution >= 4 is 5.97 Å². The van der Waals surface area contributed by atoms with Crippen LogP contribution in [0.2, 0.25) is 0 Å². The fourth-order valence-electron chi connectivity index (χ4n) is 2.67. The topological polar surface area (TPSA) is 60.8 Å². The van der Waals surface area contributed by atoms with Crippen molar-refractivity contribution in [2.24, 2.45) is 0 Å². The molecule has 1 fully saturated rings. The predicted molar refractivity (Wildman–Crippen MR) is 73.4 cm³/mol. The quantitative estimate of drug-likeness (QED) is 0.876. The Kier molecular flexibility index (Phi) is 4.80. The molecule has 2 rings (SSSR count). The van der Waals surface area contributed by atoms with Gasteiger partial charge in [-0.2, -0.15) is 0 Å². The Morgan fingerprint density at radius 3 is 2.37 bits per heavy atom. The minimum Gasteiger partial charge on any atom is -0.508 e. The molecule has 2 N–H and O–H groups in total. The zero-order valence-electron chi connectivity index (χ0n) is 11.1. The summed E-state index contributed by atoms with van der Waals surface area (Å²) in [6.45, 7) is 2.39. The Hall–Kier alpha value is -1.55. The van der Waals surface area contributed by atoms with Gasteiger partial charge in [-0.25, -0.2) is 0 Å². The van der Waals surface area contributed by atoms with Crippen LogP contribution in [-0.2, 0) is 4.79 Å². The number of nitrogens with zero attached hydrogens (tertiary/aromatic N) is 1. The van der Waals surface area contributed by atoms with Crippen LogP contribution in [0.15, 0.2) is 24.3 Å². The first-order valence-corrected chi connectivity index (χ1v) is 6.91. The van der Waals surface area contributed by atoms with Gasteiger partial charge < -0.3 is 15.1 Å². The van der Waals surface area contributed by atoms with Crippen LogP contribution in [0.1, 0.15) is 37.2 Å². The van der Waals surface area contributed by atoms with Crippen LogP contribution in [0.25, 0.3) is 0 Å². The number of para-hydroxylation sites is 1. The minimum atomic E-state index is -0.870. The highest BCUT2D eigenvalue weighted by atomic mass is 16.4. The lowest BCUT2D eigenvalue weighted by Crippen LogP contribution is -2.32. The molecule has 0 aromatic heterocycles. The van der Waals surface area contributed by atoms with Crippen LogP contribution in [-0.4, -0.2) is 40.7 Å². The maximum Gasteiger partial charge on any atom is 0.312 e. The molecule has 1 unspecified atom stereocenters. The number of hydrogen-bond acceptors (Lipinski definition) is 3. The molecule has 19 heavy (non-hydrogen) atoms. The second-order valence-electron chi connectivity index (χ2n) is 5.16. The molecular formula is C15H21NO3. The van der Waals surface area contributed by atoms with Gasteiger partial charge in [0, 0.05) is 12.1 Å². The summed E-state index contributed by atoms with van der Waals surface area (Å²) in [5, 5.41) is 19.2. The largest absolute Gasteiger partial charge is 0.508 e. The minimum absolute atomic E-state index is 0.0738. The Morgan fingerprint density at radius 1 is 1.16 bits per heavy atom. The lowest BCUT2D eigenvalue weighted by atomic mass is 9.97. The molecule has 0 bridgehead atoms. The predicted octanol–water partition coefficient (Wildman–Crippen LogP) is 2.44. The number of aromatic hydroxyl groups is 1. The molecular weight excluding hydrogens is 242 g/mol. The van der Waals surface area contributed by atoms with Gasteiger partial charge in [0.2, 0.25) is 0 Å². The first-order chi connectivity index (χ1) is 9.18. The molecule has 0 spiro atoms. The van der Waals surface area contributed by atoms with E-state index >= 15 is 0 Å². The zero-order chi connectivity index (χ0) is 13.7. The van der Waals surface area contributed by atoms with Gasteiger partial charge in [0.05, 0.1) is 5.92 Å². The smallest absolute Gasteiger partial charge is 0.312 e. The van der Waals surface area contributed by atoms with Crippen molar-refractivity contribution in [2.75, 3.05) is 19.6 Å². The van der Waals surface area contributed by atoms with Crippen molar-refractivity contribution in [3.05, 3.63) is 29.8 Å². The van der Waals surface area contributed by atoms with Crippen LogP contribution in [0.4, 0.5) is 0 Å². The highest BCUT2D eigenvalue weighted by Crippen LogP contribution is 2.27. The number of aliphatic carboxylic acids is 1. The van der Waals surface area contributed by atoms with Crippen LogP contribution < -0.4 is 0 Å². The van der Waals surface area contributed by atoms with Gasteiger partial charge in [0.15, 0.2) is 0 Å². The van der Waals surface area contributed by atoms with E-state index in [0.717, 1.165) is 25.9 Å². The molecule has 1 aliphatic heterocycles. The van der Waals surface area contributed by atoms with Crippen LogP contribution in [0.5, 0.6) is 5.75 Å². The molecule has 1 saturated heterocycles. The van der Waals surface area contributed by atoms with E-state index in [1.54, 1.807) is 24.3 Å². The van der Waals surface area contributed by atoms with E-state index in [0.29, 0.717) is 12.1 Å². The van der Waals surface area contributed by atoms with Gasteiger partial charge in [-0.1, -0.05) is 31.0 Å². The highest BCUT2D eigenvalue weighted by Gasteiger charge is 2.25. The molecule has 1 aromatic carbocycles. The van der Waals surface area contributed by atoms with E-state index in [-0.39, 0.29) is 5.75 Å². The normalized spacial score (nSPS) is 18.7. The third kappa shape index (κ3) is 3.70. The SMILES string of the molecule is O=C(O)C(CN1CCCCCC1)c1ccccc1O. The molecule has 1 aromatic rings. The summed E-state index contributed by atoms with van der Waals surface area (Å²) in [4.78, 5) is 13.7. The lowest BCUT2D eigenvalue weighted by molar-refractivity contribution is -0.139. The fourth-order valence-corrected chi connectivity index (χ4v) is 2.67. The average molecular weight is 263 g/mol. The van der Waals surface area contributed by atoms with Gasteiger partial charge in [0.25, 0.3) is 0 Å². The van der Waals surface area contributed by atoms with Crippen LogP contribution in [0.3, 0.4) is 0 Å². The molecule has 0 amide bonds. The third-order valence-corrected chi connectivity index (χ3v) is 3.75.